The molecule has 1 aromatic carbocycles. The van der Waals surface area contributed by atoms with Crippen LogP contribution in [0.3, 0.4) is 0 Å². The maximum absolute atomic E-state index is 14.9. The minimum Gasteiger partial charge on any atom is -0.496 e. The van der Waals surface area contributed by atoms with Gasteiger partial charge in [-0.3, -0.25) is 0 Å². The molecule has 2 aliphatic rings. The van der Waals surface area contributed by atoms with Crippen molar-refractivity contribution in [1.29, 1.82) is 0 Å². The third kappa shape index (κ3) is 5.79. The van der Waals surface area contributed by atoms with Gasteiger partial charge in [0.2, 0.25) is 0 Å². The fraction of sp³-hybridized carbons (Fsp3) is 0.696. The second-order valence-electron chi connectivity index (χ2n) is 8.53. The van der Waals surface area contributed by atoms with E-state index in [4.69, 9.17) is 4.74 Å². The van der Waals surface area contributed by atoms with Gasteiger partial charge in [0.1, 0.15) is 11.6 Å². The molecule has 0 amide bonds. The van der Waals surface area contributed by atoms with Crippen LogP contribution in [0.25, 0.3) is 0 Å². The SMILES string of the molecule is COc1c(C)c(Br)c(C)c(F)c1CC1CCC(CC2CC[CH-]CC2)CC1.[Y]. The van der Waals surface area contributed by atoms with Gasteiger partial charge in [-0.1, -0.05) is 41.6 Å². The van der Waals surface area contributed by atoms with E-state index in [0.717, 1.165) is 39.6 Å². The molecule has 2 fully saturated rings. The summed E-state index contributed by atoms with van der Waals surface area (Å²) in [5.74, 6) is 3.10. The third-order valence-electron chi connectivity index (χ3n) is 6.76. The van der Waals surface area contributed by atoms with Gasteiger partial charge in [-0.05, 0) is 62.8 Å². The molecule has 149 valence electrons. The Morgan fingerprint density at radius 3 is 2.11 bits per heavy atom. The Morgan fingerprint density at radius 1 is 0.963 bits per heavy atom. The molecule has 0 saturated heterocycles. The Balaban J connectivity index is 0.00000261. The summed E-state index contributed by atoms with van der Waals surface area (Å²) in [7, 11) is 1.66. The van der Waals surface area contributed by atoms with Crippen LogP contribution in [0.1, 0.15) is 74.5 Å². The van der Waals surface area contributed by atoms with Gasteiger partial charge in [0.25, 0.3) is 0 Å². The Labute approximate surface area is 198 Å². The molecule has 0 bridgehead atoms. The minimum absolute atomic E-state index is 0. The third-order valence-corrected chi connectivity index (χ3v) is 7.94. The molecule has 4 heteroatoms. The van der Waals surface area contributed by atoms with Gasteiger partial charge in [0, 0.05) is 48.3 Å². The monoisotopic (exact) mass is 512 g/mol. The van der Waals surface area contributed by atoms with Crippen LogP contribution >= 0.6 is 15.9 Å². The van der Waals surface area contributed by atoms with Gasteiger partial charge in [0.05, 0.1) is 7.11 Å². The summed E-state index contributed by atoms with van der Waals surface area (Å²) in [5.41, 5.74) is 2.52. The number of methoxy groups -OCH3 is 1. The van der Waals surface area contributed by atoms with Crippen molar-refractivity contribution in [2.24, 2.45) is 17.8 Å². The molecule has 1 radical (unpaired) electrons. The van der Waals surface area contributed by atoms with Crippen molar-refractivity contribution in [1.82, 2.24) is 0 Å². The zero-order valence-electron chi connectivity index (χ0n) is 17.1. The molecule has 0 atom stereocenters. The van der Waals surface area contributed by atoms with E-state index in [1.54, 1.807) is 7.11 Å². The maximum Gasteiger partial charge on any atom is 0.134 e. The maximum atomic E-state index is 14.9. The van der Waals surface area contributed by atoms with Crippen LogP contribution in [0.5, 0.6) is 5.75 Å². The molecule has 1 aromatic rings. The number of halogens is 2. The Hall–Kier alpha value is 0.534. The van der Waals surface area contributed by atoms with Crippen LogP contribution in [-0.4, -0.2) is 7.11 Å². The van der Waals surface area contributed by atoms with Gasteiger partial charge in [-0.15, -0.1) is 0 Å². The molecule has 0 aliphatic heterocycles. The number of benzene rings is 1. The zero-order valence-corrected chi connectivity index (χ0v) is 21.5. The molecule has 0 heterocycles. The molecule has 0 N–H and O–H groups in total. The van der Waals surface area contributed by atoms with E-state index in [-0.39, 0.29) is 38.5 Å². The molecule has 2 saturated carbocycles. The Kier molecular flexibility index (Phi) is 9.76. The van der Waals surface area contributed by atoms with Gasteiger partial charge in [-0.25, -0.2) is 4.39 Å². The van der Waals surface area contributed by atoms with E-state index in [1.807, 2.05) is 13.8 Å². The van der Waals surface area contributed by atoms with Crippen LogP contribution in [0, 0.1) is 43.8 Å². The molecule has 3 rings (SSSR count). The fourth-order valence-corrected chi connectivity index (χ4v) is 5.51. The normalized spacial score (nSPS) is 23.7. The fourth-order valence-electron chi connectivity index (χ4n) is 5.15. The van der Waals surface area contributed by atoms with Crippen LogP contribution in [0.4, 0.5) is 4.39 Å². The molecule has 0 aromatic heterocycles. The van der Waals surface area contributed by atoms with Crippen molar-refractivity contribution in [3.05, 3.63) is 33.4 Å². The molecular formula is C23H33BrFOY-. The van der Waals surface area contributed by atoms with Crippen LogP contribution < -0.4 is 4.74 Å². The van der Waals surface area contributed by atoms with E-state index in [1.165, 1.54) is 57.8 Å². The van der Waals surface area contributed by atoms with Crippen molar-refractivity contribution in [2.75, 3.05) is 7.11 Å². The summed E-state index contributed by atoms with van der Waals surface area (Å²) < 4.78 is 21.3. The predicted octanol–water partition coefficient (Wildman–Crippen LogP) is 7.34. The van der Waals surface area contributed by atoms with Crippen LogP contribution in [-0.2, 0) is 39.1 Å². The molecule has 0 spiro atoms. The van der Waals surface area contributed by atoms with E-state index >= 15 is 0 Å². The van der Waals surface area contributed by atoms with Crippen molar-refractivity contribution in [3.63, 3.8) is 0 Å². The summed E-state index contributed by atoms with van der Waals surface area (Å²) in [5, 5.41) is 0. The van der Waals surface area contributed by atoms with Gasteiger partial charge in [-0.2, -0.15) is 12.8 Å². The first-order valence-electron chi connectivity index (χ1n) is 10.3. The van der Waals surface area contributed by atoms with E-state index in [0.29, 0.717) is 11.5 Å². The van der Waals surface area contributed by atoms with E-state index in [9.17, 15) is 4.39 Å². The average molecular weight is 513 g/mol. The number of hydrogen-bond donors (Lipinski definition) is 0. The second kappa shape index (κ2) is 11.1. The molecule has 1 nitrogen and oxygen atoms in total. The molecule has 0 unspecified atom stereocenters. The van der Waals surface area contributed by atoms with Gasteiger partial charge in [0.15, 0.2) is 0 Å². The zero-order chi connectivity index (χ0) is 18.7. The first-order chi connectivity index (χ1) is 12.5. The number of hydrogen-bond acceptors (Lipinski definition) is 1. The van der Waals surface area contributed by atoms with Crippen molar-refractivity contribution in [2.45, 2.75) is 78.1 Å². The van der Waals surface area contributed by atoms with Gasteiger partial charge < -0.3 is 11.2 Å². The van der Waals surface area contributed by atoms with Crippen molar-refractivity contribution in [3.8, 4) is 5.75 Å². The predicted molar refractivity (Wildman–Crippen MR) is 110 cm³/mol. The Bertz CT molecular complexity index is 620. The largest absolute Gasteiger partial charge is 0.496 e. The van der Waals surface area contributed by atoms with Gasteiger partial charge >= 0.3 is 0 Å². The molecule has 27 heavy (non-hydrogen) atoms. The topological polar surface area (TPSA) is 9.23 Å². The summed E-state index contributed by atoms with van der Waals surface area (Å²) in [4.78, 5) is 0. The summed E-state index contributed by atoms with van der Waals surface area (Å²) in [6.07, 6.45) is 15.3. The first kappa shape index (κ1) is 23.8. The summed E-state index contributed by atoms with van der Waals surface area (Å²) >= 11 is 3.51. The standard InChI is InChI=1S/C23H33BrFO.Y/c1-15-21(24)16(2)23(26-3)20(22(15)25)14-19-11-9-18(10-12-19)13-17-7-5-4-6-8-17;/h4,17-19H,5-14H2,1-3H3;/q-1;. The van der Waals surface area contributed by atoms with Crippen molar-refractivity contribution >= 4 is 15.9 Å². The summed E-state index contributed by atoms with van der Waals surface area (Å²) in [6.45, 7) is 3.87. The van der Waals surface area contributed by atoms with Crippen molar-refractivity contribution < 1.29 is 41.8 Å². The van der Waals surface area contributed by atoms with E-state index in [2.05, 4.69) is 22.4 Å². The van der Waals surface area contributed by atoms with Crippen LogP contribution in [0.15, 0.2) is 4.47 Å². The second-order valence-corrected chi connectivity index (χ2v) is 9.32. The quantitative estimate of drug-likeness (QED) is 0.375. The smallest absolute Gasteiger partial charge is 0.134 e. The minimum atomic E-state index is -0.0834. The first-order valence-corrected chi connectivity index (χ1v) is 11.1. The van der Waals surface area contributed by atoms with E-state index < -0.39 is 0 Å². The average Bonchev–Trinajstić information content (AvgIpc) is 2.67. The number of ether oxygens (including phenoxy) is 1. The molecular weight excluding hydrogens is 480 g/mol. The summed E-state index contributed by atoms with van der Waals surface area (Å²) in [6, 6.07) is 0. The molecule has 2 aliphatic carbocycles. The Morgan fingerprint density at radius 2 is 1.52 bits per heavy atom. The van der Waals surface area contributed by atoms with Crippen LogP contribution in [0.2, 0.25) is 0 Å². The number of rotatable bonds is 5.